The summed E-state index contributed by atoms with van der Waals surface area (Å²) in [6.45, 7) is 2.64. The van der Waals surface area contributed by atoms with Crippen LogP contribution in [0.15, 0.2) is 61.1 Å². The number of benzene rings is 1. The summed E-state index contributed by atoms with van der Waals surface area (Å²) < 4.78 is 1.79. The number of para-hydroxylation sites is 1. The highest BCUT2D eigenvalue weighted by molar-refractivity contribution is 5.78. The van der Waals surface area contributed by atoms with Crippen molar-refractivity contribution >= 4 is 11.7 Å². The van der Waals surface area contributed by atoms with Crippen LogP contribution in [0, 0.1) is 0 Å². The average molecular weight is 361 g/mol. The van der Waals surface area contributed by atoms with Crippen LogP contribution in [-0.2, 0) is 17.8 Å². The van der Waals surface area contributed by atoms with Gasteiger partial charge in [0.2, 0.25) is 5.91 Å². The summed E-state index contributed by atoms with van der Waals surface area (Å²) in [6, 6.07) is 13.9. The first-order valence-electron chi connectivity index (χ1n) is 9.33. The van der Waals surface area contributed by atoms with Gasteiger partial charge in [-0.2, -0.15) is 5.10 Å². The number of amides is 1. The molecule has 6 heteroatoms. The molecule has 6 nitrogen and oxygen atoms in total. The van der Waals surface area contributed by atoms with Gasteiger partial charge in [0, 0.05) is 32.0 Å². The second kappa shape index (κ2) is 8.03. The maximum absolute atomic E-state index is 12.3. The van der Waals surface area contributed by atoms with Gasteiger partial charge >= 0.3 is 0 Å². The van der Waals surface area contributed by atoms with E-state index in [-0.39, 0.29) is 5.91 Å². The lowest BCUT2D eigenvalue weighted by molar-refractivity contribution is -0.120. The van der Waals surface area contributed by atoms with Gasteiger partial charge in [-0.05, 0) is 48.2 Å². The second-order valence-electron chi connectivity index (χ2n) is 6.80. The normalized spacial score (nSPS) is 13.7. The number of carbonyl (C=O) groups excluding carboxylic acids is 1. The minimum atomic E-state index is -0.0119. The Morgan fingerprint density at radius 3 is 2.70 bits per heavy atom. The quantitative estimate of drug-likeness (QED) is 0.733. The number of nitrogens with zero attached hydrogens (tertiary/aromatic N) is 4. The molecule has 0 spiro atoms. The molecule has 0 bridgehead atoms. The van der Waals surface area contributed by atoms with Gasteiger partial charge in [-0.1, -0.05) is 18.2 Å². The first-order chi connectivity index (χ1) is 13.3. The number of carbonyl (C=O) groups is 1. The minimum Gasteiger partial charge on any atom is -0.357 e. The molecule has 1 aliphatic rings. The Morgan fingerprint density at radius 2 is 1.89 bits per heavy atom. The van der Waals surface area contributed by atoms with E-state index in [9.17, 15) is 4.79 Å². The van der Waals surface area contributed by atoms with Crippen molar-refractivity contribution in [3.8, 4) is 5.69 Å². The maximum Gasteiger partial charge on any atom is 0.224 e. The van der Waals surface area contributed by atoms with E-state index in [1.165, 1.54) is 12.8 Å². The van der Waals surface area contributed by atoms with Gasteiger partial charge in [0.1, 0.15) is 5.82 Å². The van der Waals surface area contributed by atoms with E-state index in [0.717, 1.165) is 35.7 Å². The molecule has 3 heterocycles. The summed E-state index contributed by atoms with van der Waals surface area (Å²) in [5, 5.41) is 7.33. The number of hydrogen-bond donors (Lipinski definition) is 1. The number of hydrogen-bond acceptors (Lipinski definition) is 4. The van der Waals surface area contributed by atoms with E-state index in [0.29, 0.717) is 13.0 Å². The summed E-state index contributed by atoms with van der Waals surface area (Å²) in [7, 11) is 0. The predicted octanol–water partition coefficient (Wildman–Crippen LogP) is 2.73. The molecule has 0 unspecified atom stereocenters. The lowest BCUT2D eigenvalue weighted by Gasteiger charge is -2.17. The van der Waals surface area contributed by atoms with Crippen LogP contribution in [0.4, 0.5) is 5.82 Å². The van der Waals surface area contributed by atoms with Crippen LogP contribution in [0.25, 0.3) is 5.69 Å². The van der Waals surface area contributed by atoms with Crippen molar-refractivity contribution in [2.45, 2.75) is 25.8 Å². The Bertz CT molecular complexity index is 900. The van der Waals surface area contributed by atoms with Crippen LogP contribution in [-0.4, -0.2) is 33.8 Å². The van der Waals surface area contributed by atoms with E-state index in [2.05, 4.69) is 26.4 Å². The molecule has 1 aliphatic heterocycles. The van der Waals surface area contributed by atoms with Gasteiger partial charge in [0.15, 0.2) is 0 Å². The summed E-state index contributed by atoms with van der Waals surface area (Å²) in [6.07, 6.45) is 8.21. The van der Waals surface area contributed by atoms with Gasteiger partial charge in [0.05, 0.1) is 18.3 Å². The van der Waals surface area contributed by atoms with Crippen molar-refractivity contribution in [1.82, 2.24) is 20.1 Å². The Labute approximate surface area is 158 Å². The van der Waals surface area contributed by atoms with Crippen molar-refractivity contribution < 1.29 is 4.79 Å². The van der Waals surface area contributed by atoms with Gasteiger partial charge in [-0.3, -0.25) is 4.79 Å². The highest BCUT2D eigenvalue weighted by Gasteiger charge is 2.14. The third-order valence-electron chi connectivity index (χ3n) is 4.75. The van der Waals surface area contributed by atoms with E-state index < -0.39 is 0 Å². The van der Waals surface area contributed by atoms with Gasteiger partial charge < -0.3 is 10.2 Å². The molecular formula is C21H23N5O. The second-order valence-corrected chi connectivity index (χ2v) is 6.80. The van der Waals surface area contributed by atoms with Crippen LogP contribution in [0.3, 0.4) is 0 Å². The van der Waals surface area contributed by atoms with Crippen molar-refractivity contribution in [3.63, 3.8) is 0 Å². The van der Waals surface area contributed by atoms with E-state index in [1.54, 1.807) is 10.9 Å². The topological polar surface area (TPSA) is 63.1 Å². The van der Waals surface area contributed by atoms with Gasteiger partial charge in [-0.15, -0.1) is 0 Å². The number of rotatable bonds is 6. The molecule has 0 saturated carbocycles. The fraction of sp³-hybridized carbons (Fsp3) is 0.286. The van der Waals surface area contributed by atoms with Crippen LogP contribution in [0.5, 0.6) is 0 Å². The monoisotopic (exact) mass is 361 g/mol. The maximum atomic E-state index is 12.3. The zero-order chi connectivity index (χ0) is 18.5. The molecule has 3 aromatic rings. The number of anilines is 1. The first-order valence-corrected chi connectivity index (χ1v) is 9.33. The zero-order valence-electron chi connectivity index (χ0n) is 15.2. The standard InChI is InChI=1S/C21H23N5O/c27-21(13-18-15-24-26(16-18)19-6-2-1-3-7-19)23-14-17-8-9-22-20(12-17)25-10-4-5-11-25/h1-3,6-9,12,15-16H,4-5,10-11,13-14H2,(H,23,27). The summed E-state index contributed by atoms with van der Waals surface area (Å²) in [5.74, 6) is 0.991. The molecule has 0 aliphatic carbocycles. The van der Waals surface area contributed by atoms with Crippen LogP contribution in [0.2, 0.25) is 0 Å². The largest absolute Gasteiger partial charge is 0.357 e. The molecule has 1 aromatic carbocycles. The fourth-order valence-corrected chi connectivity index (χ4v) is 3.31. The third kappa shape index (κ3) is 4.34. The van der Waals surface area contributed by atoms with E-state index >= 15 is 0 Å². The highest BCUT2D eigenvalue weighted by Crippen LogP contribution is 2.18. The molecule has 1 saturated heterocycles. The molecule has 0 atom stereocenters. The van der Waals surface area contributed by atoms with Crippen molar-refractivity contribution in [2.75, 3.05) is 18.0 Å². The molecule has 27 heavy (non-hydrogen) atoms. The summed E-state index contributed by atoms with van der Waals surface area (Å²) in [4.78, 5) is 19.0. The van der Waals surface area contributed by atoms with E-state index in [4.69, 9.17) is 0 Å². The predicted molar refractivity (Wildman–Crippen MR) is 105 cm³/mol. The van der Waals surface area contributed by atoms with Crippen LogP contribution < -0.4 is 10.2 Å². The fourth-order valence-electron chi connectivity index (χ4n) is 3.31. The minimum absolute atomic E-state index is 0.0119. The Morgan fingerprint density at radius 1 is 1.07 bits per heavy atom. The lowest BCUT2D eigenvalue weighted by atomic mass is 10.2. The first kappa shape index (κ1) is 17.3. The molecule has 0 radical (unpaired) electrons. The van der Waals surface area contributed by atoms with Crippen molar-refractivity contribution in [2.24, 2.45) is 0 Å². The van der Waals surface area contributed by atoms with Gasteiger partial charge in [0.25, 0.3) is 0 Å². The molecule has 4 rings (SSSR count). The Balaban J connectivity index is 1.32. The average Bonchev–Trinajstić information content (AvgIpc) is 3.40. The molecule has 1 N–H and O–H groups in total. The van der Waals surface area contributed by atoms with Gasteiger partial charge in [-0.25, -0.2) is 9.67 Å². The summed E-state index contributed by atoms with van der Waals surface area (Å²) in [5.41, 5.74) is 2.94. The number of pyridine rings is 1. The Hall–Kier alpha value is -3.15. The SMILES string of the molecule is O=C(Cc1cnn(-c2ccccc2)c1)NCc1ccnc(N2CCCC2)c1. The van der Waals surface area contributed by atoms with Crippen molar-refractivity contribution in [1.29, 1.82) is 0 Å². The zero-order valence-corrected chi connectivity index (χ0v) is 15.2. The molecule has 138 valence electrons. The summed E-state index contributed by atoms with van der Waals surface area (Å²) >= 11 is 0. The van der Waals surface area contributed by atoms with Crippen LogP contribution in [0.1, 0.15) is 24.0 Å². The number of nitrogens with one attached hydrogen (secondary N) is 1. The Kier molecular flexibility index (Phi) is 5.14. The van der Waals surface area contributed by atoms with Crippen molar-refractivity contribution in [3.05, 3.63) is 72.2 Å². The smallest absolute Gasteiger partial charge is 0.224 e. The lowest BCUT2D eigenvalue weighted by Crippen LogP contribution is -2.25. The third-order valence-corrected chi connectivity index (χ3v) is 4.75. The molecular weight excluding hydrogens is 338 g/mol. The van der Waals surface area contributed by atoms with Crippen LogP contribution >= 0.6 is 0 Å². The highest BCUT2D eigenvalue weighted by atomic mass is 16.1. The molecule has 2 aromatic heterocycles. The van der Waals surface area contributed by atoms with E-state index in [1.807, 2.05) is 48.8 Å². The number of aromatic nitrogens is 3. The molecule has 1 fully saturated rings. The molecule has 1 amide bonds.